The Bertz CT molecular complexity index is 572. The molecule has 2 aromatic rings. The minimum absolute atomic E-state index is 0.165. The average molecular weight is 248 g/mol. The number of aromatic nitrogens is 2. The van der Waals surface area contributed by atoms with Gasteiger partial charge in [0.05, 0.1) is 11.0 Å². The van der Waals surface area contributed by atoms with Gasteiger partial charge in [-0.15, -0.1) is 0 Å². The third kappa shape index (κ3) is 2.73. The van der Waals surface area contributed by atoms with E-state index in [1.54, 1.807) is 0 Å². The number of H-pyrrole nitrogens is 2. The van der Waals surface area contributed by atoms with Gasteiger partial charge in [-0.2, -0.15) is 0 Å². The first-order valence-corrected chi connectivity index (χ1v) is 6.23. The summed E-state index contributed by atoms with van der Waals surface area (Å²) in [5.74, 6) is 0.531. The predicted molar refractivity (Wildman–Crippen MR) is 75.0 cm³/mol. The van der Waals surface area contributed by atoms with E-state index in [4.69, 9.17) is 5.73 Å². The third-order valence-corrected chi connectivity index (χ3v) is 3.30. The Kier molecular flexibility index (Phi) is 3.72. The molecule has 0 amide bonds. The number of nitrogens with zero attached hydrogens (tertiary/aromatic N) is 1. The number of rotatable bonds is 5. The number of hydrogen-bond donors (Lipinski definition) is 3. The third-order valence-electron chi connectivity index (χ3n) is 3.30. The second-order valence-corrected chi connectivity index (χ2v) is 4.86. The molecule has 0 spiro atoms. The standard InChI is InChI=1S/C13H20N4O/c1-9(8-14)5-6-17(2)10-3-4-11-12(7-10)16-13(18)15-11/h3-4,7,9H,5-6,8,14H2,1-2H3,(H2,15,16,18). The van der Waals surface area contributed by atoms with Crippen LogP contribution >= 0.6 is 0 Å². The molecule has 0 aliphatic heterocycles. The van der Waals surface area contributed by atoms with Crippen LogP contribution < -0.4 is 16.3 Å². The highest BCUT2D eigenvalue weighted by atomic mass is 16.1. The Morgan fingerprint density at radius 3 is 2.78 bits per heavy atom. The van der Waals surface area contributed by atoms with Crippen molar-refractivity contribution in [2.45, 2.75) is 13.3 Å². The first kappa shape index (κ1) is 12.7. The fraction of sp³-hybridized carbons (Fsp3) is 0.462. The Morgan fingerprint density at radius 1 is 1.33 bits per heavy atom. The summed E-state index contributed by atoms with van der Waals surface area (Å²) >= 11 is 0. The van der Waals surface area contributed by atoms with Crippen molar-refractivity contribution in [3.05, 3.63) is 28.7 Å². The van der Waals surface area contributed by atoms with Crippen molar-refractivity contribution >= 4 is 16.7 Å². The molecule has 1 heterocycles. The van der Waals surface area contributed by atoms with Crippen LogP contribution in [0.4, 0.5) is 5.69 Å². The lowest BCUT2D eigenvalue weighted by atomic mass is 10.1. The number of imidazole rings is 1. The minimum atomic E-state index is -0.165. The van der Waals surface area contributed by atoms with E-state index in [-0.39, 0.29) is 5.69 Å². The first-order valence-electron chi connectivity index (χ1n) is 6.23. The second kappa shape index (κ2) is 5.27. The maximum atomic E-state index is 11.2. The highest BCUT2D eigenvalue weighted by Crippen LogP contribution is 2.18. The van der Waals surface area contributed by atoms with Gasteiger partial charge >= 0.3 is 5.69 Å². The van der Waals surface area contributed by atoms with Crippen molar-refractivity contribution in [3.63, 3.8) is 0 Å². The van der Waals surface area contributed by atoms with E-state index in [0.29, 0.717) is 5.92 Å². The van der Waals surface area contributed by atoms with Crippen LogP contribution in [0.1, 0.15) is 13.3 Å². The van der Waals surface area contributed by atoms with Crippen LogP contribution in [0.2, 0.25) is 0 Å². The van der Waals surface area contributed by atoms with Crippen LogP contribution in [0.5, 0.6) is 0 Å². The molecule has 2 rings (SSSR count). The molecule has 1 aromatic carbocycles. The van der Waals surface area contributed by atoms with E-state index in [1.807, 2.05) is 18.2 Å². The molecule has 1 aromatic heterocycles. The van der Waals surface area contributed by atoms with Crippen molar-refractivity contribution in [2.24, 2.45) is 11.7 Å². The van der Waals surface area contributed by atoms with Crippen LogP contribution in [0.3, 0.4) is 0 Å². The van der Waals surface area contributed by atoms with Crippen LogP contribution in [0.25, 0.3) is 11.0 Å². The fourth-order valence-electron chi connectivity index (χ4n) is 1.92. The topological polar surface area (TPSA) is 77.9 Å². The summed E-state index contributed by atoms with van der Waals surface area (Å²) in [5.41, 5.74) is 8.23. The first-order chi connectivity index (χ1) is 8.60. The van der Waals surface area contributed by atoms with E-state index >= 15 is 0 Å². The smallest absolute Gasteiger partial charge is 0.323 e. The van der Waals surface area contributed by atoms with Gasteiger partial charge in [0.25, 0.3) is 0 Å². The van der Waals surface area contributed by atoms with Gasteiger partial charge in [-0.25, -0.2) is 4.79 Å². The molecule has 0 saturated carbocycles. The van der Waals surface area contributed by atoms with Gasteiger partial charge in [0.15, 0.2) is 0 Å². The molecule has 1 atom stereocenters. The summed E-state index contributed by atoms with van der Waals surface area (Å²) in [6, 6.07) is 5.92. The monoisotopic (exact) mass is 248 g/mol. The number of anilines is 1. The highest BCUT2D eigenvalue weighted by Gasteiger charge is 2.06. The van der Waals surface area contributed by atoms with Gasteiger partial charge in [-0.3, -0.25) is 0 Å². The lowest BCUT2D eigenvalue weighted by molar-refractivity contribution is 0.545. The number of aromatic amines is 2. The number of benzene rings is 1. The molecule has 5 heteroatoms. The van der Waals surface area contributed by atoms with Crippen molar-refractivity contribution in [2.75, 3.05) is 25.0 Å². The van der Waals surface area contributed by atoms with E-state index in [0.717, 1.165) is 36.2 Å². The maximum absolute atomic E-state index is 11.2. The van der Waals surface area contributed by atoms with Gasteiger partial charge in [0.2, 0.25) is 0 Å². The molecule has 1 unspecified atom stereocenters. The zero-order chi connectivity index (χ0) is 13.1. The molecule has 4 N–H and O–H groups in total. The van der Waals surface area contributed by atoms with E-state index < -0.39 is 0 Å². The molecular formula is C13H20N4O. The Balaban J connectivity index is 2.12. The summed E-state index contributed by atoms with van der Waals surface area (Å²) in [6.07, 6.45) is 1.06. The van der Waals surface area contributed by atoms with Gasteiger partial charge < -0.3 is 20.6 Å². The molecule has 0 aliphatic rings. The van der Waals surface area contributed by atoms with E-state index in [2.05, 4.69) is 28.8 Å². The highest BCUT2D eigenvalue weighted by molar-refractivity contribution is 5.78. The molecule has 0 bridgehead atoms. The minimum Gasteiger partial charge on any atom is -0.375 e. The molecule has 18 heavy (non-hydrogen) atoms. The summed E-state index contributed by atoms with van der Waals surface area (Å²) < 4.78 is 0. The zero-order valence-electron chi connectivity index (χ0n) is 10.9. The average Bonchev–Trinajstić information content (AvgIpc) is 2.74. The summed E-state index contributed by atoms with van der Waals surface area (Å²) in [4.78, 5) is 18.9. The van der Waals surface area contributed by atoms with Gasteiger partial charge in [-0.1, -0.05) is 6.92 Å². The molecule has 0 radical (unpaired) electrons. The quantitative estimate of drug-likeness (QED) is 0.746. The molecule has 0 saturated heterocycles. The SMILES string of the molecule is CC(CN)CCN(C)c1ccc2[nH]c(=O)[nH]c2c1. The van der Waals surface area contributed by atoms with Crippen LogP contribution in [-0.4, -0.2) is 30.1 Å². The molecule has 0 fully saturated rings. The zero-order valence-corrected chi connectivity index (χ0v) is 10.9. The van der Waals surface area contributed by atoms with Crippen molar-refractivity contribution < 1.29 is 0 Å². The van der Waals surface area contributed by atoms with E-state index in [1.165, 1.54) is 0 Å². The van der Waals surface area contributed by atoms with Crippen molar-refractivity contribution in [1.82, 2.24) is 9.97 Å². The molecule has 98 valence electrons. The Morgan fingerprint density at radius 2 is 2.06 bits per heavy atom. The van der Waals surface area contributed by atoms with Crippen molar-refractivity contribution in [3.8, 4) is 0 Å². The largest absolute Gasteiger partial charge is 0.375 e. The van der Waals surface area contributed by atoms with Crippen LogP contribution in [0.15, 0.2) is 23.0 Å². The van der Waals surface area contributed by atoms with Gasteiger partial charge in [0, 0.05) is 19.3 Å². The Labute approximate surface area is 106 Å². The van der Waals surface area contributed by atoms with E-state index in [9.17, 15) is 4.79 Å². The Hall–Kier alpha value is -1.75. The number of fused-ring (bicyclic) bond motifs is 1. The number of nitrogens with one attached hydrogen (secondary N) is 2. The fourth-order valence-corrected chi connectivity index (χ4v) is 1.92. The lowest BCUT2D eigenvalue weighted by Crippen LogP contribution is -2.22. The summed E-state index contributed by atoms with van der Waals surface area (Å²) in [6.45, 7) is 3.83. The van der Waals surface area contributed by atoms with Crippen molar-refractivity contribution in [1.29, 1.82) is 0 Å². The maximum Gasteiger partial charge on any atom is 0.323 e. The predicted octanol–water partition coefficient (Wildman–Crippen LogP) is 1.28. The molecule has 0 aliphatic carbocycles. The van der Waals surface area contributed by atoms with Gasteiger partial charge in [-0.05, 0) is 37.1 Å². The summed E-state index contributed by atoms with van der Waals surface area (Å²) in [5, 5.41) is 0. The number of nitrogens with two attached hydrogens (primary N) is 1. The molecular weight excluding hydrogens is 228 g/mol. The lowest BCUT2D eigenvalue weighted by Gasteiger charge is -2.21. The summed E-state index contributed by atoms with van der Waals surface area (Å²) in [7, 11) is 2.05. The normalized spacial score (nSPS) is 12.8. The van der Waals surface area contributed by atoms with Crippen LogP contribution in [-0.2, 0) is 0 Å². The second-order valence-electron chi connectivity index (χ2n) is 4.86. The molecule has 5 nitrogen and oxygen atoms in total. The van der Waals surface area contributed by atoms with Gasteiger partial charge in [0.1, 0.15) is 0 Å². The number of hydrogen-bond acceptors (Lipinski definition) is 3. The van der Waals surface area contributed by atoms with Crippen LogP contribution in [0, 0.1) is 5.92 Å².